The molecule has 0 saturated carbocycles. The fraction of sp³-hybridized carbons (Fsp3) is 0.200. The topological polar surface area (TPSA) is 69.4 Å². The van der Waals surface area contributed by atoms with E-state index in [4.69, 9.17) is 22.1 Å². The summed E-state index contributed by atoms with van der Waals surface area (Å²) in [6, 6.07) is 9.82. The van der Waals surface area contributed by atoms with Crippen molar-refractivity contribution in [1.82, 2.24) is 0 Å². The fourth-order valence-electron chi connectivity index (χ4n) is 2.08. The molecule has 0 fully saturated rings. The minimum atomic E-state index is -3.61. The number of anilines is 1. The van der Waals surface area contributed by atoms with Crippen molar-refractivity contribution in [2.75, 3.05) is 12.8 Å². The molecule has 2 aromatic rings. The third-order valence-corrected chi connectivity index (χ3v) is 5.04. The minimum absolute atomic E-state index is 0.0403. The Balaban J connectivity index is 2.47. The molecule has 6 heteroatoms. The Kier molecular flexibility index (Phi) is 4.44. The van der Waals surface area contributed by atoms with Gasteiger partial charge in [-0.15, -0.1) is 0 Å². The molecule has 0 aliphatic heterocycles. The van der Waals surface area contributed by atoms with Crippen LogP contribution >= 0.6 is 11.6 Å². The Bertz CT molecular complexity index is 772. The predicted molar refractivity (Wildman–Crippen MR) is 84.5 cm³/mol. The van der Waals surface area contributed by atoms with Crippen LogP contribution in [0.15, 0.2) is 41.3 Å². The van der Waals surface area contributed by atoms with Crippen molar-refractivity contribution in [3.05, 3.63) is 52.5 Å². The van der Waals surface area contributed by atoms with Crippen molar-refractivity contribution < 1.29 is 13.2 Å². The molecule has 0 radical (unpaired) electrons. The zero-order chi connectivity index (χ0) is 15.6. The first-order valence-corrected chi connectivity index (χ1v) is 8.28. The van der Waals surface area contributed by atoms with Gasteiger partial charge in [0.2, 0.25) is 0 Å². The van der Waals surface area contributed by atoms with Crippen LogP contribution in [0.25, 0.3) is 0 Å². The Morgan fingerprint density at radius 3 is 2.57 bits per heavy atom. The van der Waals surface area contributed by atoms with Crippen LogP contribution in [0, 0.1) is 6.92 Å². The number of aryl methyl sites for hydroxylation is 1. The van der Waals surface area contributed by atoms with E-state index in [1.54, 1.807) is 18.2 Å². The van der Waals surface area contributed by atoms with E-state index < -0.39 is 9.84 Å². The molecule has 0 atom stereocenters. The van der Waals surface area contributed by atoms with Crippen molar-refractivity contribution in [3.63, 3.8) is 0 Å². The molecule has 0 aliphatic carbocycles. The molecule has 2 N–H and O–H groups in total. The quantitative estimate of drug-likeness (QED) is 0.876. The highest BCUT2D eigenvalue weighted by molar-refractivity contribution is 7.90. The van der Waals surface area contributed by atoms with Gasteiger partial charge in [0, 0.05) is 10.6 Å². The number of halogens is 1. The number of methoxy groups -OCH3 is 1. The smallest absolute Gasteiger partial charge is 0.184 e. The minimum Gasteiger partial charge on any atom is -0.496 e. The second kappa shape index (κ2) is 5.95. The van der Waals surface area contributed by atoms with Gasteiger partial charge >= 0.3 is 0 Å². The standard InChI is InChI=1S/C15H16ClNO3S/c1-10-3-6-14(20-2)11(7-10)9-21(18,19)15-8-12(16)4-5-13(15)17/h3-8H,9,17H2,1-2H3. The number of sulfone groups is 1. The summed E-state index contributed by atoms with van der Waals surface area (Å²) >= 11 is 5.86. The lowest BCUT2D eigenvalue weighted by Crippen LogP contribution is -2.09. The summed E-state index contributed by atoms with van der Waals surface area (Å²) in [7, 11) is -2.10. The number of benzene rings is 2. The maximum absolute atomic E-state index is 12.6. The Morgan fingerprint density at radius 1 is 1.19 bits per heavy atom. The molecule has 112 valence electrons. The number of ether oxygens (including phenoxy) is 1. The van der Waals surface area contributed by atoms with Crippen LogP contribution < -0.4 is 10.5 Å². The van der Waals surface area contributed by atoms with Gasteiger partial charge < -0.3 is 10.5 Å². The van der Waals surface area contributed by atoms with Crippen molar-refractivity contribution >= 4 is 27.1 Å². The molecular weight excluding hydrogens is 310 g/mol. The Morgan fingerprint density at radius 2 is 1.90 bits per heavy atom. The molecule has 0 spiro atoms. The van der Waals surface area contributed by atoms with E-state index in [0.717, 1.165) is 5.56 Å². The molecule has 0 bridgehead atoms. The zero-order valence-corrected chi connectivity index (χ0v) is 13.3. The number of nitrogen functional groups attached to an aromatic ring is 1. The molecule has 0 aromatic heterocycles. The fourth-order valence-corrected chi connectivity index (χ4v) is 3.84. The molecule has 0 saturated heterocycles. The number of rotatable bonds is 4. The zero-order valence-electron chi connectivity index (χ0n) is 11.8. The normalized spacial score (nSPS) is 11.4. The van der Waals surface area contributed by atoms with Crippen LogP contribution in [0.3, 0.4) is 0 Å². The first kappa shape index (κ1) is 15.7. The Hall–Kier alpha value is -1.72. The second-order valence-corrected chi connectivity index (χ2v) is 7.15. The summed E-state index contributed by atoms with van der Waals surface area (Å²) in [4.78, 5) is 0.0403. The van der Waals surface area contributed by atoms with Crippen LogP contribution in [0.4, 0.5) is 5.69 Å². The first-order valence-electron chi connectivity index (χ1n) is 6.25. The van der Waals surface area contributed by atoms with Gasteiger partial charge in [-0.3, -0.25) is 0 Å². The maximum atomic E-state index is 12.6. The van der Waals surface area contributed by atoms with Crippen LogP contribution in [-0.4, -0.2) is 15.5 Å². The molecule has 4 nitrogen and oxygen atoms in total. The van der Waals surface area contributed by atoms with Crippen molar-refractivity contribution in [2.45, 2.75) is 17.6 Å². The van der Waals surface area contributed by atoms with Crippen LogP contribution in [0.5, 0.6) is 5.75 Å². The van der Waals surface area contributed by atoms with Crippen LogP contribution in [0.1, 0.15) is 11.1 Å². The van der Waals surface area contributed by atoms with E-state index in [0.29, 0.717) is 16.3 Å². The lowest BCUT2D eigenvalue weighted by atomic mass is 10.1. The van der Waals surface area contributed by atoms with Crippen LogP contribution in [0.2, 0.25) is 5.02 Å². The molecule has 2 rings (SSSR count). The number of nitrogens with two attached hydrogens (primary N) is 1. The van der Waals surface area contributed by atoms with Gasteiger partial charge in [0.15, 0.2) is 9.84 Å². The summed E-state index contributed by atoms with van der Waals surface area (Å²) in [5, 5.41) is 0.332. The van der Waals surface area contributed by atoms with Gasteiger partial charge in [0.25, 0.3) is 0 Å². The number of hydrogen-bond acceptors (Lipinski definition) is 4. The monoisotopic (exact) mass is 325 g/mol. The first-order chi connectivity index (χ1) is 9.83. The van der Waals surface area contributed by atoms with Crippen molar-refractivity contribution in [3.8, 4) is 5.75 Å². The van der Waals surface area contributed by atoms with E-state index in [1.165, 1.54) is 19.2 Å². The molecule has 2 aromatic carbocycles. The summed E-state index contributed by atoms with van der Waals surface area (Å²) in [6.45, 7) is 1.89. The summed E-state index contributed by atoms with van der Waals surface area (Å²) in [5.74, 6) is 0.340. The Labute approximate surface area is 129 Å². The molecule has 0 amide bonds. The lowest BCUT2D eigenvalue weighted by Gasteiger charge is -2.12. The predicted octanol–water partition coefficient (Wildman–Crippen LogP) is 3.21. The highest BCUT2D eigenvalue weighted by atomic mass is 35.5. The largest absolute Gasteiger partial charge is 0.496 e. The second-order valence-electron chi connectivity index (χ2n) is 4.76. The van der Waals surface area contributed by atoms with Crippen molar-refractivity contribution in [1.29, 1.82) is 0 Å². The van der Waals surface area contributed by atoms with E-state index in [1.807, 2.05) is 13.0 Å². The maximum Gasteiger partial charge on any atom is 0.184 e. The third-order valence-electron chi connectivity index (χ3n) is 3.09. The van der Waals surface area contributed by atoms with Gasteiger partial charge in [-0.25, -0.2) is 8.42 Å². The molecular formula is C15H16ClNO3S. The average molecular weight is 326 g/mol. The lowest BCUT2D eigenvalue weighted by molar-refractivity contribution is 0.411. The van der Waals surface area contributed by atoms with Crippen molar-refractivity contribution in [2.24, 2.45) is 0 Å². The van der Waals surface area contributed by atoms with Gasteiger partial charge in [0.1, 0.15) is 5.75 Å². The van der Waals surface area contributed by atoms with Gasteiger partial charge in [-0.05, 0) is 31.2 Å². The number of hydrogen-bond donors (Lipinski definition) is 1. The van der Waals surface area contributed by atoms with Gasteiger partial charge in [-0.2, -0.15) is 0 Å². The van der Waals surface area contributed by atoms with E-state index in [-0.39, 0.29) is 16.3 Å². The van der Waals surface area contributed by atoms with Gasteiger partial charge in [-0.1, -0.05) is 29.3 Å². The van der Waals surface area contributed by atoms with Crippen LogP contribution in [-0.2, 0) is 15.6 Å². The highest BCUT2D eigenvalue weighted by Crippen LogP contribution is 2.29. The summed E-state index contributed by atoms with van der Waals surface area (Å²) in [5.41, 5.74) is 7.50. The summed E-state index contributed by atoms with van der Waals surface area (Å²) < 4.78 is 30.3. The third kappa shape index (κ3) is 3.49. The highest BCUT2D eigenvalue weighted by Gasteiger charge is 2.21. The van der Waals surface area contributed by atoms with Gasteiger partial charge in [0.05, 0.1) is 23.4 Å². The summed E-state index contributed by atoms with van der Waals surface area (Å²) in [6.07, 6.45) is 0. The van der Waals surface area contributed by atoms with E-state index in [9.17, 15) is 8.42 Å². The molecule has 21 heavy (non-hydrogen) atoms. The van der Waals surface area contributed by atoms with E-state index >= 15 is 0 Å². The average Bonchev–Trinajstić information content (AvgIpc) is 2.41. The molecule has 0 aliphatic rings. The SMILES string of the molecule is COc1ccc(C)cc1CS(=O)(=O)c1cc(Cl)ccc1N. The molecule has 0 heterocycles. The molecule has 0 unspecified atom stereocenters. The van der Waals surface area contributed by atoms with E-state index in [2.05, 4.69) is 0 Å².